The molecule has 1 fully saturated rings. The van der Waals surface area contributed by atoms with Gasteiger partial charge in [-0.2, -0.15) is 0 Å². The first kappa shape index (κ1) is 28.2. The van der Waals surface area contributed by atoms with Crippen LogP contribution >= 0.6 is 0 Å². The third-order valence-electron chi connectivity index (χ3n) is 8.05. The number of anilines is 1. The molecule has 1 saturated heterocycles. The number of hydrogen-bond donors (Lipinski definition) is 2. The Bertz CT molecular complexity index is 1660. The third kappa shape index (κ3) is 5.86. The van der Waals surface area contributed by atoms with E-state index in [2.05, 4.69) is 52.7 Å². The van der Waals surface area contributed by atoms with Crippen molar-refractivity contribution < 1.29 is 14.3 Å². The van der Waals surface area contributed by atoms with Gasteiger partial charge < -0.3 is 29.6 Å². The second-order valence-corrected chi connectivity index (χ2v) is 11.4. The molecule has 0 aliphatic carbocycles. The molecule has 2 N–H and O–H groups in total. The van der Waals surface area contributed by atoms with Crippen molar-refractivity contribution in [2.45, 2.75) is 19.3 Å². The Morgan fingerprint density at radius 3 is 2.55 bits per heavy atom. The van der Waals surface area contributed by atoms with Gasteiger partial charge >= 0.3 is 0 Å². The van der Waals surface area contributed by atoms with Crippen molar-refractivity contribution in [2.24, 2.45) is 0 Å². The number of unbranched alkanes of at least 4 members (excludes halogenated alkanes) is 1. The summed E-state index contributed by atoms with van der Waals surface area (Å²) < 4.78 is 13.9. The van der Waals surface area contributed by atoms with Crippen LogP contribution in [0, 0.1) is 0 Å². The molecule has 0 saturated carbocycles. The number of pyridine rings is 1. The van der Waals surface area contributed by atoms with E-state index in [0.717, 1.165) is 87.3 Å². The maximum absolute atomic E-state index is 13.7. The summed E-state index contributed by atoms with van der Waals surface area (Å²) in [5.74, 6) is 0.938. The summed E-state index contributed by atoms with van der Waals surface area (Å²) >= 11 is 0. The van der Waals surface area contributed by atoms with Crippen LogP contribution in [0.2, 0.25) is 0 Å². The van der Waals surface area contributed by atoms with Gasteiger partial charge in [0, 0.05) is 32.4 Å². The number of morpholine rings is 1. The van der Waals surface area contributed by atoms with Gasteiger partial charge in [0.25, 0.3) is 5.91 Å². The van der Waals surface area contributed by atoms with E-state index in [-0.39, 0.29) is 16.9 Å². The smallest absolute Gasteiger partial charge is 0.256 e. The van der Waals surface area contributed by atoms with E-state index in [1.807, 2.05) is 34.9 Å². The van der Waals surface area contributed by atoms with E-state index in [1.54, 1.807) is 6.20 Å². The number of aromatic nitrogens is 1. The van der Waals surface area contributed by atoms with Crippen LogP contribution in [-0.4, -0.2) is 86.9 Å². The van der Waals surface area contributed by atoms with E-state index >= 15 is 0 Å². The number of hydrogen-bond acceptors (Lipinski definition) is 7. The van der Waals surface area contributed by atoms with Crippen LogP contribution in [0.5, 0.6) is 11.5 Å². The maximum atomic E-state index is 13.7. The molecule has 4 aromatic rings. The summed E-state index contributed by atoms with van der Waals surface area (Å²) in [6, 6.07) is 15.9. The molecule has 2 aliphatic heterocycles. The molecule has 220 valence electrons. The number of rotatable bonds is 11. The Morgan fingerprint density at radius 2 is 1.76 bits per heavy atom. The van der Waals surface area contributed by atoms with Crippen molar-refractivity contribution in [3.63, 3.8) is 0 Å². The fourth-order valence-corrected chi connectivity index (χ4v) is 5.77. The molecule has 9 heteroatoms. The molecule has 0 spiro atoms. The van der Waals surface area contributed by atoms with Crippen molar-refractivity contribution in [3.8, 4) is 17.2 Å². The molecule has 3 heterocycles. The van der Waals surface area contributed by atoms with Crippen LogP contribution in [0.4, 0.5) is 5.69 Å². The number of nitrogens with zero attached hydrogens (tertiary/aromatic N) is 3. The highest BCUT2D eigenvalue weighted by Crippen LogP contribution is 2.45. The number of carbonyl (C=O) groups is 1. The highest BCUT2D eigenvalue weighted by molar-refractivity contribution is 6.01. The summed E-state index contributed by atoms with van der Waals surface area (Å²) in [5.41, 5.74) is 2.14. The van der Waals surface area contributed by atoms with Gasteiger partial charge in [0.2, 0.25) is 5.43 Å². The van der Waals surface area contributed by atoms with E-state index < -0.39 is 0 Å². The van der Waals surface area contributed by atoms with Gasteiger partial charge in [0.1, 0.15) is 11.1 Å². The van der Waals surface area contributed by atoms with Crippen molar-refractivity contribution >= 4 is 33.3 Å². The molecule has 2 aliphatic rings. The van der Waals surface area contributed by atoms with E-state index in [4.69, 9.17) is 9.47 Å². The van der Waals surface area contributed by atoms with Crippen molar-refractivity contribution in [3.05, 3.63) is 70.5 Å². The minimum absolute atomic E-state index is 0.130. The highest BCUT2D eigenvalue weighted by Gasteiger charge is 2.26. The highest BCUT2D eigenvalue weighted by atomic mass is 16.5. The third-order valence-corrected chi connectivity index (χ3v) is 8.05. The van der Waals surface area contributed by atoms with Gasteiger partial charge in [-0.05, 0) is 81.5 Å². The lowest BCUT2D eigenvalue weighted by Crippen LogP contribution is -2.38. The fourth-order valence-electron chi connectivity index (χ4n) is 5.77. The molecular formula is C33H39N5O4. The molecule has 0 unspecified atom stereocenters. The van der Waals surface area contributed by atoms with E-state index in [1.165, 1.54) is 0 Å². The lowest BCUT2D eigenvalue weighted by atomic mass is 10.0. The SMILES string of the molecule is CN(C)CCCCNc1ccc2c(=O)c(C(=O)NCCCN3CCOCC3)cn3c2c1Oc1cc2ccccc2cc1-3. The summed E-state index contributed by atoms with van der Waals surface area (Å²) in [6.45, 7) is 6.52. The molecular weight excluding hydrogens is 530 g/mol. The summed E-state index contributed by atoms with van der Waals surface area (Å²) in [5, 5.41) is 9.09. The molecule has 1 aromatic heterocycles. The second kappa shape index (κ2) is 12.5. The van der Waals surface area contributed by atoms with Crippen LogP contribution in [0.25, 0.3) is 27.4 Å². The largest absolute Gasteiger partial charge is 0.451 e. The zero-order valence-electron chi connectivity index (χ0n) is 24.4. The van der Waals surface area contributed by atoms with Crippen LogP contribution < -0.4 is 20.8 Å². The molecule has 0 atom stereocenters. The lowest BCUT2D eigenvalue weighted by Gasteiger charge is -2.27. The molecule has 6 rings (SSSR count). The zero-order valence-corrected chi connectivity index (χ0v) is 24.4. The fraction of sp³-hybridized carbons (Fsp3) is 0.394. The molecule has 3 aromatic carbocycles. The quantitative estimate of drug-likeness (QED) is 0.227. The summed E-state index contributed by atoms with van der Waals surface area (Å²) in [7, 11) is 4.16. The van der Waals surface area contributed by atoms with Crippen molar-refractivity contribution in [1.82, 2.24) is 19.7 Å². The van der Waals surface area contributed by atoms with Gasteiger partial charge in [-0.1, -0.05) is 24.3 Å². The number of carbonyl (C=O) groups excluding carboxylic acids is 1. The van der Waals surface area contributed by atoms with Gasteiger partial charge in [0.15, 0.2) is 11.5 Å². The molecule has 42 heavy (non-hydrogen) atoms. The average molecular weight is 570 g/mol. The van der Waals surface area contributed by atoms with Crippen molar-refractivity contribution in [2.75, 3.05) is 71.9 Å². The minimum Gasteiger partial charge on any atom is -0.451 e. The molecule has 1 amide bonds. The first-order valence-corrected chi connectivity index (χ1v) is 14.9. The number of nitrogens with one attached hydrogen (secondary N) is 2. The normalized spacial score (nSPS) is 14.6. The average Bonchev–Trinajstić information content (AvgIpc) is 3.00. The summed E-state index contributed by atoms with van der Waals surface area (Å²) in [6.07, 6.45) is 4.58. The first-order valence-electron chi connectivity index (χ1n) is 14.9. The van der Waals surface area contributed by atoms with Gasteiger partial charge in [0.05, 0.1) is 30.0 Å². The Hall–Kier alpha value is -3.92. The number of benzene rings is 3. The molecule has 9 nitrogen and oxygen atoms in total. The van der Waals surface area contributed by atoms with Crippen LogP contribution in [0.15, 0.2) is 59.5 Å². The summed E-state index contributed by atoms with van der Waals surface area (Å²) in [4.78, 5) is 31.6. The number of amides is 1. The van der Waals surface area contributed by atoms with Crippen molar-refractivity contribution in [1.29, 1.82) is 0 Å². The Balaban J connectivity index is 1.33. The number of ether oxygens (including phenoxy) is 2. The van der Waals surface area contributed by atoms with Crippen LogP contribution in [0.1, 0.15) is 29.6 Å². The lowest BCUT2D eigenvalue weighted by molar-refractivity contribution is 0.0374. The van der Waals surface area contributed by atoms with E-state index in [0.29, 0.717) is 28.9 Å². The van der Waals surface area contributed by atoms with Gasteiger partial charge in [-0.15, -0.1) is 0 Å². The zero-order chi connectivity index (χ0) is 29.1. The van der Waals surface area contributed by atoms with Crippen LogP contribution in [-0.2, 0) is 4.74 Å². The minimum atomic E-state index is -0.355. The maximum Gasteiger partial charge on any atom is 0.256 e. The molecule has 0 radical (unpaired) electrons. The Labute approximate surface area is 246 Å². The number of fused-ring (bicyclic) bond motifs is 3. The predicted molar refractivity (Wildman–Crippen MR) is 168 cm³/mol. The second-order valence-electron chi connectivity index (χ2n) is 11.4. The van der Waals surface area contributed by atoms with Gasteiger partial charge in [-0.3, -0.25) is 14.5 Å². The molecule has 0 bridgehead atoms. The Morgan fingerprint density at radius 1 is 0.976 bits per heavy atom. The Kier molecular flexibility index (Phi) is 8.41. The van der Waals surface area contributed by atoms with Crippen LogP contribution in [0.3, 0.4) is 0 Å². The monoisotopic (exact) mass is 569 g/mol. The predicted octanol–water partition coefficient (Wildman–Crippen LogP) is 4.46. The topological polar surface area (TPSA) is 88.1 Å². The standard InChI is InChI=1S/C33H39N5O4/c1-36(2)14-6-5-12-34-27-11-10-25-30-32(27)42-29-21-24-9-4-3-8-23(24)20-28(29)38(30)22-26(31(25)39)33(40)35-13-7-15-37-16-18-41-19-17-37/h3-4,8-11,20-22,34H,5-7,12-19H2,1-2H3,(H,35,40). The van der Waals surface area contributed by atoms with Gasteiger partial charge in [-0.25, -0.2) is 0 Å². The van der Waals surface area contributed by atoms with E-state index in [9.17, 15) is 9.59 Å². The first-order chi connectivity index (χ1) is 20.5.